The summed E-state index contributed by atoms with van der Waals surface area (Å²) >= 11 is 0. The number of aromatic hydroxyl groups is 1. The summed E-state index contributed by atoms with van der Waals surface area (Å²) in [6.07, 6.45) is 14.4. The van der Waals surface area contributed by atoms with Crippen molar-refractivity contribution in [2.45, 2.75) is 121 Å². The van der Waals surface area contributed by atoms with Gasteiger partial charge in [-0.2, -0.15) is 0 Å². The second-order valence-electron chi connectivity index (χ2n) is 14.0. The highest BCUT2D eigenvalue weighted by molar-refractivity contribution is 5.77. The SMILES string of the molecule is C=CCN1CC[C@]23c4c5c(O)cc(OC(C)=O)c4O[C@H]2[C@@H](N(CCCC)C(=O)CCCCCCCc2ccccc2)CC[C@H]3[C@H]1C5. The summed E-state index contributed by atoms with van der Waals surface area (Å²) in [7, 11) is 0. The molecule has 7 nitrogen and oxygen atoms in total. The number of carbonyl (C=O) groups excluding carboxylic acids is 2. The van der Waals surface area contributed by atoms with E-state index in [1.165, 1.54) is 25.3 Å². The number of nitrogens with zero attached hydrogens (tertiary/aromatic N) is 2. The van der Waals surface area contributed by atoms with Crippen molar-refractivity contribution < 1.29 is 24.2 Å². The van der Waals surface area contributed by atoms with Gasteiger partial charge in [-0.05, 0) is 69.4 Å². The number of carbonyl (C=O) groups is 2. The van der Waals surface area contributed by atoms with Crippen molar-refractivity contribution in [2.24, 2.45) is 5.92 Å². The van der Waals surface area contributed by atoms with Crippen LogP contribution in [0.5, 0.6) is 17.2 Å². The van der Waals surface area contributed by atoms with Gasteiger partial charge in [0, 0.05) is 55.1 Å². The molecule has 6 rings (SSSR count). The summed E-state index contributed by atoms with van der Waals surface area (Å²) in [6.45, 7) is 10.0. The van der Waals surface area contributed by atoms with Crippen molar-refractivity contribution in [3.63, 3.8) is 0 Å². The number of benzene rings is 2. The molecule has 2 aliphatic heterocycles. The first kappa shape index (κ1) is 32.6. The van der Waals surface area contributed by atoms with Crippen LogP contribution in [0.3, 0.4) is 0 Å². The van der Waals surface area contributed by atoms with Crippen LogP contribution < -0.4 is 9.47 Å². The molecule has 1 N–H and O–H groups in total. The number of piperidine rings is 1. The summed E-state index contributed by atoms with van der Waals surface area (Å²) < 4.78 is 12.6. The van der Waals surface area contributed by atoms with Gasteiger partial charge in [-0.1, -0.05) is 69.0 Å². The summed E-state index contributed by atoms with van der Waals surface area (Å²) in [5.41, 5.74) is 3.03. The van der Waals surface area contributed by atoms with Gasteiger partial charge in [-0.25, -0.2) is 0 Å². The molecule has 0 unspecified atom stereocenters. The second-order valence-corrected chi connectivity index (χ2v) is 14.0. The fraction of sp³-hybridized carbons (Fsp3) is 0.590. The lowest BCUT2D eigenvalue weighted by Gasteiger charge is -2.60. The number of rotatable bonds is 15. The summed E-state index contributed by atoms with van der Waals surface area (Å²) in [5, 5.41) is 11.3. The van der Waals surface area contributed by atoms with Gasteiger partial charge in [0.2, 0.25) is 5.91 Å². The number of aryl methyl sites for hydroxylation is 1. The van der Waals surface area contributed by atoms with Gasteiger partial charge in [0.15, 0.2) is 11.5 Å². The first-order valence-corrected chi connectivity index (χ1v) is 17.8. The first-order chi connectivity index (χ1) is 22.4. The normalized spacial score (nSPS) is 25.8. The molecule has 4 aliphatic rings. The molecule has 2 heterocycles. The van der Waals surface area contributed by atoms with Crippen LogP contribution in [-0.2, 0) is 27.8 Å². The van der Waals surface area contributed by atoms with E-state index >= 15 is 0 Å². The molecule has 0 radical (unpaired) electrons. The van der Waals surface area contributed by atoms with Crippen LogP contribution in [-0.4, -0.2) is 64.6 Å². The van der Waals surface area contributed by atoms with E-state index in [0.29, 0.717) is 23.8 Å². The minimum Gasteiger partial charge on any atom is -0.508 e. The molecule has 2 fully saturated rings. The third-order valence-electron chi connectivity index (χ3n) is 11.3. The first-order valence-electron chi connectivity index (χ1n) is 17.8. The minimum absolute atomic E-state index is 0.0570. The topological polar surface area (TPSA) is 79.3 Å². The highest BCUT2D eigenvalue weighted by atomic mass is 16.6. The van der Waals surface area contributed by atoms with Crippen molar-refractivity contribution in [2.75, 3.05) is 19.6 Å². The van der Waals surface area contributed by atoms with Gasteiger partial charge in [-0.15, -0.1) is 6.58 Å². The van der Waals surface area contributed by atoms with Crippen molar-refractivity contribution in [1.82, 2.24) is 9.80 Å². The van der Waals surface area contributed by atoms with E-state index in [-0.39, 0.29) is 35.3 Å². The zero-order valence-electron chi connectivity index (χ0n) is 27.8. The predicted molar refractivity (Wildman–Crippen MR) is 180 cm³/mol. The van der Waals surface area contributed by atoms with Crippen molar-refractivity contribution in [1.29, 1.82) is 0 Å². The molecule has 46 heavy (non-hydrogen) atoms. The molecule has 1 saturated heterocycles. The second kappa shape index (κ2) is 14.2. The van der Waals surface area contributed by atoms with Gasteiger partial charge in [-0.3, -0.25) is 14.5 Å². The zero-order valence-corrected chi connectivity index (χ0v) is 27.8. The van der Waals surface area contributed by atoms with E-state index in [4.69, 9.17) is 9.47 Å². The number of unbranched alkanes of at least 4 members (excludes halogenated alkanes) is 5. The fourth-order valence-electron chi connectivity index (χ4n) is 9.32. The molecular weight excluding hydrogens is 576 g/mol. The lowest BCUT2D eigenvalue weighted by Crippen LogP contribution is -2.69. The van der Waals surface area contributed by atoms with Crippen LogP contribution in [0.25, 0.3) is 0 Å². The van der Waals surface area contributed by atoms with Crippen LogP contribution >= 0.6 is 0 Å². The molecule has 7 heteroatoms. The average molecular weight is 629 g/mol. The average Bonchev–Trinajstić information content (AvgIpc) is 3.39. The molecule has 2 bridgehead atoms. The van der Waals surface area contributed by atoms with Gasteiger partial charge >= 0.3 is 5.97 Å². The maximum atomic E-state index is 14.1. The molecule has 2 aromatic carbocycles. The standard InChI is InChI=1S/C39H52N2O5/c1-4-6-23-41(35(44)18-14-9-7-8-11-15-28-16-12-10-13-17-28)31-20-19-30-32-25-29-33(43)26-34(45-27(3)42)37-36(29)39(30,38(31)46-37)21-24-40(32)22-5-2/h5,10,12-13,16-17,26,30-32,38,43H,2,4,6-9,11,14-15,18-25H2,1,3H3/t30-,31-,32+,38-,39-/m0/s1. The number of phenols is 1. The van der Waals surface area contributed by atoms with Crippen molar-refractivity contribution in [3.05, 3.63) is 65.7 Å². The summed E-state index contributed by atoms with van der Waals surface area (Å²) in [6, 6.07) is 12.4. The monoisotopic (exact) mass is 628 g/mol. The highest BCUT2D eigenvalue weighted by Gasteiger charge is 2.67. The summed E-state index contributed by atoms with van der Waals surface area (Å²) in [5.74, 6) is 1.22. The molecule has 0 aromatic heterocycles. The Balaban J connectivity index is 1.21. The van der Waals surface area contributed by atoms with E-state index in [0.717, 1.165) is 95.0 Å². The molecule has 1 amide bonds. The van der Waals surface area contributed by atoms with Gasteiger partial charge in [0.05, 0.1) is 6.04 Å². The van der Waals surface area contributed by atoms with Crippen LogP contribution in [0.4, 0.5) is 0 Å². The number of likely N-dealkylation sites (tertiary alicyclic amines) is 1. The lowest BCUT2D eigenvalue weighted by atomic mass is 9.50. The highest BCUT2D eigenvalue weighted by Crippen LogP contribution is 2.65. The zero-order chi connectivity index (χ0) is 32.3. The van der Waals surface area contributed by atoms with Crippen LogP contribution in [0, 0.1) is 5.92 Å². The maximum absolute atomic E-state index is 14.1. The van der Waals surface area contributed by atoms with Crippen LogP contribution in [0.15, 0.2) is 49.1 Å². The number of esters is 1. The molecule has 1 saturated carbocycles. The number of amides is 1. The van der Waals surface area contributed by atoms with E-state index in [1.807, 2.05) is 6.08 Å². The molecule has 1 spiro atoms. The van der Waals surface area contributed by atoms with E-state index in [1.54, 1.807) is 6.07 Å². The number of ether oxygens (including phenoxy) is 2. The van der Waals surface area contributed by atoms with Gasteiger partial charge in [0.25, 0.3) is 0 Å². The quantitative estimate of drug-likeness (QED) is 0.0979. The molecule has 2 aliphatic carbocycles. The van der Waals surface area contributed by atoms with E-state index in [9.17, 15) is 14.7 Å². The Morgan fingerprint density at radius 2 is 1.91 bits per heavy atom. The molecular formula is C39H52N2O5. The Bertz CT molecular complexity index is 1410. The summed E-state index contributed by atoms with van der Waals surface area (Å²) in [4.78, 5) is 30.9. The van der Waals surface area contributed by atoms with E-state index < -0.39 is 5.97 Å². The Labute approximate surface area is 274 Å². The van der Waals surface area contributed by atoms with Crippen LogP contribution in [0.1, 0.15) is 101 Å². The number of hydrogen-bond donors (Lipinski definition) is 1. The van der Waals surface area contributed by atoms with Crippen molar-refractivity contribution in [3.8, 4) is 17.2 Å². The predicted octanol–water partition coefficient (Wildman–Crippen LogP) is 7.12. The number of phenolic OH excluding ortho intramolecular Hbond substituents is 1. The Hall–Kier alpha value is -3.32. The maximum Gasteiger partial charge on any atom is 0.308 e. The molecule has 5 atom stereocenters. The van der Waals surface area contributed by atoms with Gasteiger partial charge < -0.3 is 19.5 Å². The minimum atomic E-state index is -0.436. The van der Waals surface area contributed by atoms with Gasteiger partial charge in [0.1, 0.15) is 11.9 Å². The molecule has 2 aromatic rings. The lowest BCUT2D eigenvalue weighted by molar-refractivity contribution is -0.142. The Morgan fingerprint density at radius 3 is 2.67 bits per heavy atom. The third-order valence-corrected chi connectivity index (χ3v) is 11.3. The van der Waals surface area contributed by atoms with E-state index in [2.05, 4.69) is 53.6 Å². The Morgan fingerprint density at radius 1 is 1.13 bits per heavy atom. The third kappa shape index (κ3) is 6.08. The largest absolute Gasteiger partial charge is 0.508 e. The fourth-order valence-corrected chi connectivity index (χ4v) is 9.32. The van der Waals surface area contributed by atoms with Crippen molar-refractivity contribution >= 4 is 11.9 Å². The number of hydrogen-bond acceptors (Lipinski definition) is 6. The molecule has 248 valence electrons. The Kier molecular flexibility index (Phi) is 10.1. The smallest absolute Gasteiger partial charge is 0.308 e. The van der Waals surface area contributed by atoms with Crippen LogP contribution in [0.2, 0.25) is 0 Å².